The molecule has 0 bridgehead atoms. The fourth-order valence-corrected chi connectivity index (χ4v) is 3.28. The molecule has 2 saturated heterocycles. The largest absolute Gasteiger partial charge is 0.339 e. The van der Waals surface area contributed by atoms with Crippen LogP contribution in [-0.4, -0.2) is 66.3 Å². The van der Waals surface area contributed by atoms with Gasteiger partial charge in [0.05, 0.1) is 19.0 Å². The summed E-state index contributed by atoms with van der Waals surface area (Å²) in [6.45, 7) is 3.22. The van der Waals surface area contributed by atoms with E-state index >= 15 is 0 Å². The summed E-state index contributed by atoms with van der Waals surface area (Å²) in [6, 6.07) is 7.02. The van der Waals surface area contributed by atoms with Crippen LogP contribution in [0.5, 0.6) is 0 Å². The molecule has 2 aliphatic heterocycles. The van der Waals surface area contributed by atoms with Crippen LogP contribution in [0.15, 0.2) is 24.3 Å². The zero-order valence-electron chi connectivity index (χ0n) is 14.7. The number of piperazine rings is 1. The lowest BCUT2D eigenvalue weighted by Gasteiger charge is -2.36. The second-order valence-electron chi connectivity index (χ2n) is 6.86. The Morgan fingerprint density at radius 3 is 2.23 bits per heavy atom. The number of hydrogen-bond acceptors (Lipinski definition) is 3. The topological polar surface area (TPSA) is 52.7 Å². The molecule has 5 nitrogen and oxygen atoms in total. The van der Waals surface area contributed by atoms with Crippen LogP contribution in [0.2, 0.25) is 0 Å². The van der Waals surface area contributed by atoms with E-state index < -0.39 is 24.9 Å². The molecule has 1 aromatic carbocycles. The molecule has 0 saturated carbocycles. The number of hydrogen-bond donors (Lipinski definition) is 1. The quantitative estimate of drug-likeness (QED) is 0.857. The van der Waals surface area contributed by atoms with Crippen molar-refractivity contribution in [2.45, 2.75) is 31.7 Å². The van der Waals surface area contributed by atoms with Crippen molar-refractivity contribution in [3.63, 3.8) is 0 Å². The first-order chi connectivity index (χ1) is 11.8. The van der Waals surface area contributed by atoms with E-state index in [9.17, 15) is 18.4 Å². The van der Waals surface area contributed by atoms with Crippen molar-refractivity contribution in [2.75, 3.05) is 32.7 Å². The lowest BCUT2D eigenvalue weighted by Crippen LogP contribution is -2.54. The van der Waals surface area contributed by atoms with Crippen molar-refractivity contribution in [2.24, 2.45) is 0 Å². The van der Waals surface area contributed by atoms with E-state index in [-0.39, 0.29) is 24.2 Å². The number of rotatable bonds is 3. The van der Waals surface area contributed by atoms with Gasteiger partial charge in [0.1, 0.15) is 0 Å². The number of amides is 2. The van der Waals surface area contributed by atoms with Gasteiger partial charge in [0.15, 0.2) is 0 Å². The average molecular weight is 388 g/mol. The first kappa shape index (κ1) is 20.6. The van der Waals surface area contributed by atoms with Crippen molar-refractivity contribution < 1.29 is 18.4 Å². The zero-order chi connectivity index (χ0) is 18.0. The van der Waals surface area contributed by atoms with Gasteiger partial charge in [-0.05, 0) is 12.5 Å². The molecule has 1 aromatic rings. The maximum atomic E-state index is 13.2. The summed E-state index contributed by atoms with van der Waals surface area (Å²) in [5.41, 5.74) is 2.11. The molecular weight excluding hydrogens is 364 g/mol. The average Bonchev–Trinajstić information content (AvgIpc) is 2.96. The molecule has 8 heteroatoms. The van der Waals surface area contributed by atoms with Crippen molar-refractivity contribution >= 4 is 24.2 Å². The molecule has 0 aliphatic carbocycles. The number of aryl methyl sites for hydroxylation is 1. The van der Waals surface area contributed by atoms with E-state index in [1.165, 1.54) is 0 Å². The number of nitrogens with zero attached hydrogens (tertiary/aromatic N) is 2. The van der Waals surface area contributed by atoms with E-state index in [4.69, 9.17) is 0 Å². The maximum Gasteiger partial charge on any atom is 0.262 e. The summed E-state index contributed by atoms with van der Waals surface area (Å²) in [7, 11) is 0. The predicted octanol–water partition coefficient (Wildman–Crippen LogP) is 1.63. The van der Waals surface area contributed by atoms with Crippen LogP contribution >= 0.6 is 12.4 Å². The minimum atomic E-state index is -2.81. The first-order valence-corrected chi connectivity index (χ1v) is 8.57. The molecule has 1 atom stereocenters. The SMILES string of the molecule is Cc1ccc(CC(=O)N2CCN(C(=O)C3CC(F)(F)CN3)CC2)cc1.Cl. The van der Waals surface area contributed by atoms with E-state index in [0.717, 1.165) is 11.1 Å². The Labute approximate surface area is 158 Å². The lowest BCUT2D eigenvalue weighted by molar-refractivity contribution is -0.140. The van der Waals surface area contributed by atoms with E-state index in [0.29, 0.717) is 32.6 Å². The standard InChI is InChI=1S/C18H23F2N3O2.ClH/c1-13-2-4-14(5-3-13)10-16(24)22-6-8-23(9-7-22)17(25)15-11-18(19,20)12-21-15;/h2-5,15,21H,6-12H2,1H3;1H. The minimum Gasteiger partial charge on any atom is -0.339 e. The first-order valence-electron chi connectivity index (χ1n) is 8.57. The minimum absolute atomic E-state index is 0. The van der Waals surface area contributed by atoms with Gasteiger partial charge in [0.25, 0.3) is 5.92 Å². The second-order valence-corrected chi connectivity index (χ2v) is 6.86. The van der Waals surface area contributed by atoms with Crippen LogP contribution in [0.4, 0.5) is 8.78 Å². The molecule has 0 spiro atoms. The summed E-state index contributed by atoms with van der Waals surface area (Å²) in [5.74, 6) is -3.07. The van der Waals surface area contributed by atoms with Crippen molar-refractivity contribution in [3.8, 4) is 0 Å². The van der Waals surface area contributed by atoms with Crippen LogP contribution in [-0.2, 0) is 16.0 Å². The summed E-state index contributed by atoms with van der Waals surface area (Å²) < 4.78 is 26.5. The van der Waals surface area contributed by atoms with Crippen LogP contribution in [0.25, 0.3) is 0 Å². The Morgan fingerprint density at radius 2 is 1.69 bits per heavy atom. The second kappa shape index (κ2) is 8.31. The molecule has 3 rings (SSSR count). The summed E-state index contributed by atoms with van der Waals surface area (Å²) in [6.07, 6.45) is -0.108. The molecule has 1 N–H and O–H groups in total. The molecule has 2 heterocycles. The normalized spacial score (nSPS) is 22.0. The van der Waals surface area contributed by atoms with Crippen LogP contribution in [0.1, 0.15) is 17.5 Å². The molecule has 144 valence electrons. The smallest absolute Gasteiger partial charge is 0.262 e. The Kier molecular flexibility index (Phi) is 6.58. The van der Waals surface area contributed by atoms with E-state index in [1.54, 1.807) is 9.80 Å². The molecule has 2 amide bonds. The molecule has 2 fully saturated rings. The Morgan fingerprint density at radius 1 is 1.12 bits per heavy atom. The van der Waals surface area contributed by atoms with Gasteiger partial charge in [0, 0.05) is 32.6 Å². The van der Waals surface area contributed by atoms with Gasteiger partial charge in [0.2, 0.25) is 11.8 Å². The van der Waals surface area contributed by atoms with Crippen LogP contribution < -0.4 is 5.32 Å². The number of carbonyl (C=O) groups excluding carboxylic acids is 2. The molecule has 26 heavy (non-hydrogen) atoms. The highest BCUT2D eigenvalue weighted by molar-refractivity contribution is 5.85. The number of nitrogens with one attached hydrogen (secondary N) is 1. The monoisotopic (exact) mass is 387 g/mol. The molecular formula is C18H24ClF2N3O2. The Balaban J connectivity index is 0.00000243. The number of benzene rings is 1. The Hall–Kier alpha value is -1.73. The third kappa shape index (κ3) is 4.92. The van der Waals surface area contributed by atoms with Crippen LogP contribution in [0, 0.1) is 6.92 Å². The van der Waals surface area contributed by atoms with Gasteiger partial charge in [-0.15, -0.1) is 12.4 Å². The number of alkyl halides is 2. The van der Waals surface area contributed by atoms with Crippen LogP contribution in [0.3, 0.4) is 0 Å². The molecule has 0 aromatic heterocycles. The van der Waals surface area contributed by atoms with Gasteiger partial charge in [-0.2, -0.15) is 0 Å². The zero-order valence-corrected chi connectivity index (χ0v) is 15.5. The number of carbonyl (C=O) groups is 2. The summed E-state index contributed by atoms with van der Waals surface area (Å²) >= 11 is 0. The van der Waals surface area contributed by atoms with E-state index in [2.05, 4.69) is 5.32 Å². The van der Waals surface area contributed by atoms with Gasteiger partial charge in [-0.25, -0.2) is 8.78 Å². The van der Waals surface area contributed by atoms with Gasteiger partial charge in [-0.1, -0.05) is 29.8 Å². The summed E-state index contributed by atoms with van der Waals surface area (Å²) in [5, 5.41) is 2.59. The van der Waals surface area contributed by atoms with Gasteiger partial charge < -0.3 is 9.80 Å². The van der Waals surface area contributed by atoms with E-state index in [1.807, 2.05) is 31.2 Å². The molecule has 2 aliphatic rings. The predicted molar refractivity (Wildman–Crippen MR) is 96.6 cm³/mol. The summed E-state index contributed by atoms with van der Waals surface area (Å²) in [4.78, 5) is 28.0. The molecule has 1 unspecified atom stereocenters. The fraction of sp³-hybridized carbons (Fsp3) is 0.556. The van der Waals surface area contributed by atoms with Gasteiger partial charge in [-0.3, -0.25) is 14.9 Å². The third-order valence-corrected chi connectivity index (χ3v) is 4.83. The van der Waals surface area contributed by atoms with Gasteiger partial charge >= 0.3 is 0 Å². The van der Waals surface area contributed by atoms with Crippen molar-refractivity contribution in [3.05, 3.63) is 35.4 Å². The highest BCUT2D eigenvalue weighted by Gasteiger charge is 2.43. The highest BCUT2D eigenvalue weighted by Crippen LogP contribution is 2.26. The fourth-order valence-electron chi connectivity index (χ4n) is 3.28. The number of halogens is 3. The van der Waals surface area contributed by atoms with Crippen molar-refractivity contribution in [1.82, 2.24) is 15.1 Å². The maximum absolute atomic E-state index is 13.2. The highest BCUT2D eigenvalue weighted by atomic mass is 35.5. The molecule has 0 radical (unpaired) electrons. The van der Waals surface area contributed by atoms with Crippen molar-refractivity contribution in [1.29, 1.82) is 0 Å². The Bertz CT molecular complexity index is 646. The third-order valence-electron chi connectivity index (χ3n) is 4.83. The lowest BCUT2D eigenvalue weighted by atomic mass is 10.1.